The van der Waals surface area contributed by atoms with Crippen LogP contribution in [-0.4, -0.2) is 12.7 Å². The van der Waals surface area contributed by atoms with Gasteiger partial charge < -0.3 is 9.47 Å². The van der Waals surface area contributed by atoms with Crippen molar-refractivity contribution in [2.45, 2.75) is 45.1 Å². The SMILES string of the molecule is O=C(Nc1ccc(Br)c(OCCC2CCCCC2)c1)OCc1ccccc1. The molecule has 1 saturated carbocycles. The van der Waals surface area contributed by atoms with E-state index in [1.807, 2.05) is 48.5 Å². The monoisotopic (exact) mass is 431 g/mol. The van der Waals surface area contributed by atoms with Crippen molar-refractivity contribution in [1.29, 1.82) is 0 Å². The second kappa shape index (κ2) is 10.4. The molecule has 0 aliphatic heterocycles. The Morgan fingerprint density at radius 2 is 1.85 bits per heavy atom. The number of halogens is 1. The lowest BCUT2D eigenvalue weighted by molar-refractivity contribution is 0.155. The molecule has 27 heavy (non-hydrogen) atoms. The highest BCUT2D eigenvalue weighted by atomic mass is 79.9. The van der Waals surface area contributed by atoms with Gasteiger partial charge in [0.1, 0.15) is 12.4 Å². The van der Waals surface area contributed by atoms with Gasteiger partial charge in [-0.3, -0.25) is 5.32 Å². The first kappa shape index (κ1) is 19.7. The van der Waals surface area contributed by atoms with Gasteiger partial charge in [0.05, 0.1) is 11.1 Å². The van der Waals surface area contributed by atoms with Crippen molar-refractivity contribution in [1.82, 2.24) is 0 Å². The van der Waals surface area contributed by atoms with Gasteiger partial charge in [0.15, 0.2) is 0 Å². The minimum absolute atomic E-state index is 0.244. The summed E-state index contributed by atoms with van der Waals surface area (Å²) in [6, 6.07) is 15.1. The Balaban J connectivity index is 1.47. The quantitative estimate of drug-likeness (QED) is 0.540. The van der Waals surface area contributed by atoms with Crippen LogP contribution in [0.4, 0.5) is 10.5 Å². The van der Waals surface area contributed by atoms with Crippen molar-refractivity contribution in [2.24, 2.45) is 5.92 Å². The van der Waals surface area contributed by atoms with E-state index in [2.05, 4.69) is 21.2 Å². The second-order valence-electron chi connectivity index (χ2n) is 6.97. The highest BCUT2D eigenvalue weighted by Gasteiger charge is 2.14. The van der Waals surface area contributed by atoms with E-state index in [-0.39, 0.29) is 6.61 Å². The van der Waals surface area contributed by atoms with Crippen LogP contribution in [0.5, 0.6) is 5.75 Å². The summed E-state index contributed by atoms with van der Waals surface area (Å²) in [4.78, 5) is 12.0. The molecule has 144 valence electrons. The molecule has 2 aromatic rings. The number of hydrogen-bond donors (Lipinski definition) is 1. The topological polar surface area (TPSA) is 47.6 Å². The van der Waals surface area contributed by atoms with Gasteiger partial charge >= 0.3 is 6.09 Å². The molecule has 4 nitrogen and oxygen atoms in total. The van der Waals surface area contributed by atoms with Gasteiger partial charge in [-0.25, -0.2) is 4.79 Å². The molecule has 5 heteroatoms. The van der Waals surface area contributed by atoms with E-state index in [1.165, 1.54) is 32.1 Å². The number of benzene rings is 2. The third-order valence-electron chi connectivity index (χ3n) is 4.90. The molecular weight excluding hydrogens is 406 g/mol. The smallest absolute Gasteiger partial charge is 0.411 e. The highest BCUT2D eigenvalue weighted by Crippen LogP contribution is 2.30. The summed E-state index contributed by atoms with van der Waals surface area (Å²) in [5.41, 5.74) is 1.61. The summed E-state index contributed by atoms with van der Waals surface area (Å²) in [5, 5.41) is 2.76. The number of carbonyl (C=O) groups excluding carboxylic acids is 1. The van der Waals surface area contributed by atoms with Crippen LogP contribution >= 0.6 is 15.9 Å². The van der Waals surface area contributed by atoms with E-state index in [0.29, 0.717) is 12.3 Å². The largest absolute Gasteiger partial charge is 0.492 e. The average molecular weight is 432 g/mol. The lowest BCUT2D eigenvalue weighted by Gasteiger charge is -2.21. The van der Waals surface area contributed by atoms with Crippen LogP contribution in [0.3, 0.4) is 0 Å². The molecule has 1 N–H and O–H groups in total. The average Bonchev–Trinajstić information content (AvgIpc) is 2.70. The number of rotatable bonds is 7. The fourth-order valence-electron chi connectivity index (χ4n) is 3.38. The zero-order valence-corrected chi connectivity index (χ0v) is 17.0. The molecule has 3 rings (SSSR count). The third-order valence-corrected chi connectivity index (χ3v) is 5.55. The molecule has 1 aliphatic carbocycles. The Morgan fingerprint density at radius 1 is 1.07 bits per heavy atom. The Kier molecular flexibility index (Phi) is 7.57. The van der Waals surface area contributed by atoms with Crippen molar-refractivity contribution >= 4 is 27.7 Å². The van der Waals surface area contributed by atoms with Crippen LogP contribution < -0.4 is 10.1 Å². The van der Waals surface area contributed by atoms with E-state index in [0.717, 1.165) is 28.1 Å². The van der Waals surface area contributed by atoms with Crippen molar-refractivity contribution in [3.63, 3.8) is 0 Å². The van der Waals surface area contributed by atoms with Crippen molar-refractivity contribution in [2.75, 3.05) is 11.9 Å². The molecule has 0 radical (unpaired) electrons. The molecule has 0 aromatic heterocycles. The van der Waals surface area contributed by atoms with E-state index in [1.54, 1.807) is 0 Å². The molecule has 1 aliphatic rings. The van der Waals surface area contributed by atoms with E-state index in [4.69, 9.17) is 9.47 Å². The van der Waals surface area contributed by atoms with Gasteiger partial charge in [-0.1, -0.05) is 62.4 Å². The fourth-order valence-corrected chi connectivity index (χ4v) is 3.74. The number of anilines is 1. The normalized spacial score (nSPS) is 14.6. The highest BCUT2D eigenvalue weighted by molar-refractivity contribution is 9.10. The molecule has 0 saturated heterocycles. The Bertz CT molecular complexity index is 730. The molecule has 0 spiro atoms. The van der Waals surface area contributed by atoms with E-state index < -0.39 is 6.09 Å². The summed E-state index contributed by atoms with van der Waals surface area (Å²) in [6.45, 7) is 0.944. The second-order valence-corrected chi connectivity index (χ2v) is 7.83. The first-order valence-corrected chi connectivity index (χ1v) is 10.4. The number of hydrogen-bond acceptors (Lipinski definition) is 3. The number of amides is 1. The molecule has 2 aromatic carbocycles. The van der Waals surface area contributed by atoms with Gasteiger partial charge in [0.2, 0.25) is 0 Å². The van der Waals surface area contributed by atoms with Crippen LogP contribution in [0.1, 0.15) is 44.1 Å². The Morgan fingerprint density at radius 3 is 2.63 bits per heavy atom. The van der Waals surface area contributed by atoms with E-state index in [9.17, 15) is 4.79 Å². The van der Waals surface area contributed by atoms with Crippen LogP contribution in [0.15, 0.2) is 53.0 Å². The molecule has 0 unspecified atom stereocenters. The minimum atomic E-state index is -0.477. The molecule has 1 fully saturated rings. The predicted octanol–water partition coefficient (Wildman–Crippen LogP) is 6.55. The van der Waals surface area contributed by atoms with Crippen molar-refractivity contribution in [3.8, 4) is 5.75 Å². The van der Waals surface area contributed by atoms with Crippen molar-refractivity contribution in [3.05, 3.63) is 58.6 Å². The summed E-state index contributed by atoms with van der Waals surface area (Å²) in [7, 11) is 0. The minimum Gasteiger partial charge on any atom is -0.492 e. The Labute approximate surface area is 169 Å². The zero-order valence-electron chi connectivity index (χ0n) is 15.5. The van der Waals surface area contributed by atoms with E-state index >= 15 is 0 Å². The third kappa shape index (κ3) is 6.58. The zero-order chi connectivity index (χ0) is 18.9. The van der Waals surface area contributed by atoms with Gasteiger partial charge in [0, 0.05) is 11.8 Å². The van der Waals surface area contributed by atoms with Crippen molar-refractivity contribution < 1.29 is 14.3 Å². The maximum atomic E-state index is 12.0. The Hall–Kier alpha value is -2.01. The van der Waals surface area contributed by atoms with Gasteiger partial charge in [-0.05, 0) is 46.0 Å². The van der Waals surface area contributed by atoms with Gasteiger partial charge in [-0.15, -0.1) is 0 Å². The lowest BCUT2D eigenvalue weighted by Crippen LogP contribution is -2.14. The van der Waals surface area contributed by atoms with Crippen LogP contribution in [0.2, 0.25) is 0 Å². The maximum absolute atomic E-state index is 12.0. The summed E-state index contributed by atoms with van der Waals surface area (Å²) < 4.78 is 12.1. The molecular formula is C22H26BrNO3. The first-order valence-electron chi connectivity index (χ1n) is 9.61. The molecule has 0 atom stereocenters. The van der Waals surface area contributed by atoms with Crippen LogP contribution in [-0.2, 0) is 11.3 Å². The number of carbonyl (C=O) groups is 1. The summed E-state index contributed by atoms with van der Waals surface area (Å²) >= 11 is 3.52. The predicted molar refractivity (Wildman–Crippen MR) is 111 cm³/mol. The number of ether oxygens (including phenoxy) is 2. The summed E-state index contributed by atoms with van der Waals surface area (Å²) in [6.07, 6.45) is 7.31. The first-order chi connectivity index (χ1) is 13.2. The standard InChI is InChI=1S/C22H26BrNO3/c23-20-12-11-19(24-22(25)27-16-18-9-5-2-6-10-18)15-21(20)26-14-13-17-7-3-1-4-8-17/h2,5-6,9-12,15,17H,1,3-4,7-8,13-14,16H2,(H,24,25). The van der Waals surface area contributed by atoms with Gasteiger partial charge in [0.25, 0.3) is 0 Å². The van der Waals surface area contributed by atoms with Gasteiger partial charge in [-0.2, -0.15) is 0 Å². The fraction of sp³-hybridized carbons (Fsp3) is 0.409. The van der Waals surface area contributed by atoms with Crippen LogP contribution in [0.25, 0.3) is 0 Å². The molecule has 0 bridgehead atoms. The summed E-state index contributed by atoms with van der Waals surface area (Å²) in [5.74, 6) is 1.53. The molecule has 1 amide bonds. The lowest BCUT2D eigenvalue weighted by atomic mass is 9.87. The molecule has 0 heterocycles. The number of nitrogens with one attached hydrogen (secondary N) is 1. The maximum Gasteiger partial charge on any atom is 0.411 e. The van der Waals surface area contributed by atoms with Crippen LogP contribution in [0, 0.1) is 5.92 Å².